The predicted molar refractivity (Wildman–Crippen MR) is 136 cm³/mol. The van der Waals surface area contributed by atoms with E-state index in [4.69, 9.17) is 32.7 Å². The van der Waals surface area contributed by atoms with Gasteiger partial charge in [-0.15, -0.1) is 0 Å². The molecule has 11 heteroatoms. The van der Waals surface area contributed by atoms with Crippen molar-refractivity contribution in [2.75, 3.05) is 19.6 Å². The van der Waals surface area contributed by atoms with Crippen LogP contribution in [0.15, 0.2) is 36.4 Å². The molecule has 5 rings (SSSR count). The van der Waals surface area contributed by atoms with Gasteiger partial charge < -0.3 is 25.0 Å². The summed E-state index contributed by atoms with van der Waals surface area (Å²) >= 11 is 12.0. The lowest BCUT2D eigenvalue weighted by atomic mass is 9.96. The lowest BCUT2D eigenvalue weighted by molar-refractivity contribution is -0.136. The number of hydrazine groups is 1. The van der Waals surface area contributed by atoms with E-state index in [1.165, 1.54) is 0 Å². The summed E-state index contributed by atoms with van der Waals surface area (Å²) in [6.45, 7) is 1.32. The molecule has 0 aliphatic carbocycles. The second-order valence-corrected chi connectivity index (χ2v) is 10.6. The average molecular weight is 550 g/mol. The standard InChI is InChI=1S/C26H29Cl2N3O6/c27-15-1-3-22-18(9-15)20(32)11-17(36-22)13-29-25(34)14-5-7-31(8-6-14)30-26(35)24-12-21(33)19-10-16(28)2-4-23(19)37-24/h1-4,9-10,14,17,20-21,24,32-33H,5-8,11-13H2,(H,29,34)(H,30,35)/t17?,20?,21-,24-/m1/s1. The van der Waals surface area contributed by atoms with E-state index in [0.29, 0.717) is 71.6 Å². The van der Waals surface area contributed by atoms with Gasteiger partial charge in [0.2, 0.25) is 5.91 Å². The number of aliphatic hydroxyl groups excluding tert-OH is 2. The molecule has 37 heavy (non-hydrogen) atoms. The summed E-state index contributed by atoms with van der Waals surface area (Å²) in [5.74, 6) is 0.433. The van der Waals surface area contributed by atoms with Crippen molar-refractivity contribution in [3.8, 4) is 11.5 Å². The van der Waals surface area contributed by atoms with E-state index >= 15 is 0 Å². The lowest BCUT2D eigenvalue weighted by Gasteiger charge is -2.34. The Labute approximate surface area is 224 Å². The van der Waals surface area contributed by atoms with Crippen LogP contribution in [0, 0.1) is 5.92 Å². The zero-order valence-electron chi connectivity index (χ0n) is 20.0. The van der Waals surface area contributed by atoms with Gasteiger partial charge in [-0.3, -0.25) is 15.0 Å². The van der Waals surface area contributed by atoms with Gasteiger partial charge in [-0.2, -0.15) is 0 Å². The highest BCUT2D eigenvalue weighted by atomic mass is 35.5. The van der Waals surface area contributed by atoms with Crippen LogP contribution in [0.3, 0.4) is 0 Å². The molecule has 0 spiro atoms. The highest BCUT2D eigenvalue weighted by Crippen LogP contribution is 2.37. The number of ether oxygens (including phenoxy) is 2. The first-order valence-corrected chi connectivity index (χ1v) is 13.1. The molecule has 0 aromatic heterocycles. The third kappa shape index (κ3) is 5.97. The minimum absolute atomic E-state index is 0.0695. The molecule has 4 N–H and O–H groups in total. The molecule has 2 aromatic rings. The summed E-state index contributed by atoms with van der Waals surface area (Å²) in [6.07, 6.45) is -1.03. The molecule has 2 amide bonds. The third-order valence-electron chi connectivity index (χ3n) is 7.08. The second-order valence-electron chi connectivity index (χ2n) is 9.70. The SMILES string of the molecule is O=C(NCC1CC(O)c2cc(Cl)ccc2O1)C1CCN(NC(=O)[C@H]2C[C@@H](O)c3cc(Cl)ccc3O2)CC1. The second kappa shape index (κ2) is 11.0. The molecular weight excluding hydrogens is 521 g/mol. The van der Waals surface area contributed by atoms with Gasteiger partial charge in [0.1, 0.15) is 17.6 Å². The zero-order valence-corrected chi connectivity index (χ0v) is 21.5. The van der Waals surface area contributed by atoms with Crippen LogP contribution in [-0.4, -0.2) is 58.9 Å². The monoisotopic (exact) mass is 549 g/mol. The fraction of sp³-hybridized carbons (Fsp3) is 0.462. The van der Waals surface area contributed by atoms with E-state index < -0.39 is 18.3 Å². The lowest BCUT2D eigenvalue weighted by Crippen LogP contribution is -2.53. The molecule has 3 aliphatic rings. The molecule has 4 atom stereocenters. The predicted octanol–water partition coefficient (Wildman–Crippen LogP) is 2.92. The van der Waals surface area contributed by atoms with Gasteiger partial charge in [-0.05, 0) is 49.2 Å². The molecule has 0 bridgehead atoms. The topological polar surface area (TPSA) is 120 Å². The van der Waals surface area contributed by atoms with Crippen molar-refractivity contribution < 1.29 is 29.3 Å². The van der Waals surface area contributed by atoms with Gasteiger partial charge in [0.25, 0.3) is 5.91 Å². The Balaban J connectivity index is 1.06. The Morgan fingerprint density at radius 3 is 2.14 bits per heavy atom. The van der Waals surface area contributed by atoms with Gasteiger partial charge in [-0.25, -0.2) is 5.01 Å². The number of hydrogen-bond acceptors (Lipinski definition) is 7. The Hall–Kier alpha value is -2.56. The fourth-order valence-electron chi connectivity index (χ4n) is 5.03. The molecule has 3 aliphatic heterocycles. The highest BCUT2D eigenvalue weighted by Gasteiger charge is 2.34. The van der Waals surface area contributed by atoms with Gasteiger partial charge in [0.05, 0.1) is 18.8 Å². The number of carbonyl (C=O) groups is 2. The van der Waals surface area contributed by atoms with E-state index in [2.05, 4.69) is 10.7 Å². The van der Waals surface area contributed by atoms with Gasteiger partial charge in [-0.1, -0.05) is 23.2 Å². The molecule has 2 aromatic carbocycles. The maximum Gasteiger partial charge on any atom is 0.275 e. The number of piperidine rings is 1. The minimum Gasteiger partial charge on any atom is -0.488 e. The number of carbonyl (C=O) groups excluding carboxylic acids is 2. The van der Waals surface area contributed by atoms with Crippen LogP contribution in [0.2, 0.25) is 10.0 Å². The smallest absolute Gasteiger partial charge is 0.275 e. The highest BCUT2D eigenvalue weighted by molar-refractivity contribution is 6.31. The summed E-state index contributed by atoms with van der Waals surface area (Å²) in [6, 6.07) is 10.1. The number of hydrogen-bond donors (Lipinski definition) is 4. The molecule has 3 heterocycles. The molecule has 1 saturated heterocycles. The van der Waals surface area contributed by atoms with Crippen molar-refractivity contribution >= 4 is 35.0 Å². The summed E-state index contributed by atoms with van der Waals surface area (Å²) in [5.41, 5.74) is 4.09. The first-order valence-electron chi connectivity index (χ1n) is 12.4. The first-order chi connectivity index (χ1) is 17.8. The van der Waals surface area contributed by atoms with Crippen LogP contribution in [0.25, 0.3) is 0 Å². The van der Waals surface area contributed by atoms with Crippen LogP contribution in [0.1, 0.15) is 49.0 Å². The summed E-state index contributed by atoms with van der Waals surface area (Å²) < 4.78 is 11.7. The zero-order chi connectivity index (χ0) is 26.1. The fourth-order valence-corrected chi connectivity index (χ4v) is 5.40. The van der Waals surface area contributed by atoms with E-state index in [0.717, 1.165) is 0 Å². The van der Waals surface area contributed by atoms with Crippen molar-refractivity contribution in [2.45, 2.75) is 50.1 Å². The van der Waals surface area contributed by atoms with Gasteiger partial charge >= 0.3 is 0 Å². The third-order valence-corrected chi connectivity index (χ3v) is 7.55. The van der Waals surface area contributed by atoms with Crippen molar-refractivity contribution in [1.82, 2.24) is 15.8 Å². The summed E-state index contributed by atoms with van der Waals surface area (Å²) in [7, 11) is 0. The molecule has 0 radical (unpaired) electrons. The van der Waals surface area contributed by atoms with Crippen LogP contribution < -0.4 is 20.2 Å². The van der Waals surface area contributed by atoms with Crippen LogP contribution in [0.4, 0.5) is 0 Å². The number of aliphatic hydroxyl groups is 2. The number of halogens is 2. The van der Waals surface area contributed by atoms with E-state index in [9.17, 15) is 19.8 Å². The molecule has 0 saturated carbocycles. The Morgan fingerprint density at radius 2 is 1.49 bits per heavy atom. The quantitative estimate of drug-likeness (QED) is 0.452. The number of nitrogens with one attached hydrogen (secondary N) is 2. The van der Waals surface area contributed by atoms with Gasteiger partial charge in [0, 0.05) is 53.0 Å². The minimum atomic E-state index is -0.840. The average Bonchev–Trinajstić information content (AvgIpc) is 2.88. The molecular formula is C26H29Cl2N3O6. The van der Waals surface area contributed by atoms with E-state index in [1.807, 2.05) is 0 Å². The molecule has 9 nitrogen and oxygen atoms in total. The van der Waals surface area contributed by atoms with Crippen LogP contribution in [0.5, 0.6) is 11.5 Å². The number of benzene rings is 2. The van der Waals surface area contributed by atoms with Crippen molar-refractivity contribution in [1.29, 1.82) is 0 Å². The summed E-state index contributed by atoms with van der Waals surface area (Å²) in [5, 5.41) is 26.6. The normalized spacial score (nSPS) is 25.7. The summed E-state index contributed by atoms with van der Waals surface area (Å²) in [4.78, 5) is 25.5. The maximum absolute atomic E-state index is 12.8. The number of nitrogens with zero attached hydrogens (tertiary/aromatic N) is 1. The Bertz CT molecular complexity index is 1170. The van der Waals surface area contributed by atoms with Gasteiger partial charge in [0.15, 0.2) is 6.10 Å². The van der Waals surface area contributed by atoms with E-state index in [-0.39, 0.29) is 30.3 Å². The van der Waals surface area contributed by atoms with Crippen LogP contribution >= 0.6 is 23.2 Å². The molecule has 2 unspecified atom stereocenters. The Kier molecular flexibility index (Phi) is 7.78. The maximum atomic E-state index is 12.8. The Morgan fingerprint density at radius 1 is 0.892 bits per heavy atom. The number of amides is 2. The van der Waals surface area contributed by atoms with Crippen molar-refractivity contribution in [3.63, 3.8) is 0 Å². The largest absolute Gasteiger partial charge is 0.488 e. The molecule has 1 fully saturated rings. The van der Waals surface area contributed by atoms with Crippen molar-refractivity contribution in [2.24, 2.45) is 5.92 Å². The number of fused-ring (bicyclic) bond motifs is 2. The molecule has 198 valence electrons. The number of rotatable bonds is 5. The van der Waals surface area contributed by atoms with Crippen LogP contribution in [-0.2, 0) is 9.59 Å². The van der Waals surface area contributed by atoms with E-state index in [1.54, 1.807) is 41.4 Å². The van der Waals surface area contributed by atoms with Crippen molar-refractivity contribution in [3.05, 3.63) is 57.6 Å². The first kappa shape index (κ1) is 26.1.